The van der Waals surface area contributed by atoms with Crippen LogP contribution in [-0.2, 0) is 12.8 Å². The summed E-state index contributed by atoms with van der Waals surface area (Å²) in [4.78, 5) is 10.6. The zero-order chi connectivity index (χ0) is 14.1. The molecule has 1 aliphatic rings. The van der Waals surface area contributed by atoms with Crippen LogP contribution in [0.25, 0.3) is 0 Å². The second kappa shape index (κ2) is 4.96. The molecule has 4 heteroatoms. The molecule has 102 valence electrons. The van der Waals surface area contributed by atoms with Crippen LogP contribution < -0.4 is 5.32 Å². The Morgan fingerprint density at radius 2 is 1.75 bits per heavy atom. The number of nitro groups is 1. The first-order valence-electron chi connectivity index (χ1n) is 6.72. The van der Waals surface area contributed by atoms with Crippen LogP contribution in [0.1, 0.15) is 16.7 Å². The molecule has 3 rings (SSSR count). The minimum Gasteiger partial charge on any atom is -0.381 e. The molecule has 0 spiro atoms. The monoisotopic (exact) mass is 268 g/mol. The molecule has 0 aromatic heterocycles. The molecule has 2 aromatic carbocycles. The maximum absolute atomic E-state index is 11.0. The molecular weight excluding hydrogens is 252 g/mol. The molecule has 0 atom stereocenters. The Labute approximate surface area is 117 Å². The fraction of sp³-hybridized carbons (Fsp3) is 0.250. The van der Waals surface area contributed by atoms with E-state index in [2.05, 4.69) is 29.6 Å². The summed E-state index contributed by atoms with van der Waals surface area (Å²) >= 11 is 0. The summed E-state index contributed by atoms with van der Waals surface area (Å²) in [5, 5.41) is 14.4. The molecule has 0 amide bonds. The third-order valence-electron chi connectivity index (χ3n) is 3.91. The average Bonchev–Trinajstić information content (AvgIpc) is 2.83. The van der Waals surface area contributed by atoms with Crippen LogP contribution in [0.2, 0.25) is 0 Å². The van der Waals surface area contributed by atoms with Crippen molar-refractivity contribution in [3.63, 3.8) is 0 Å². The van der Waals surface area contributed by atoms with Crippen LogP contribution in [0.15, 0.2) is 42.5 Å². The van der Waals surface area contributed by atoms with Gasteiger partial charge in [0.1, 0.15) is 0 Å². The number of rotatable bonds is 3. The van der Waals surface area contributed by atoms with E-state index in [1.54, 1.807) is 19.1 Å². The van der Waals surface area contributed by atoms with Gasteiger partial charge >= 0.3 is 0 Å². The van der Waals surface area contributed by atoms with Crippen molar-refractivity contribution in [3.8, 4) is 0 Å². The molecule has 20 heavy (non-hydrogen) atoms. The fourth-order valence-electron chi connectivity index (χ4n) is 2.86. The lowest BCUT2D eigenvalue weighted by Crippen LogP contribution is -2.20. The van der Waals surface area contributed by atoms with Gasteiger partial charge in [-0.15, -0.1) is 0 Å². The standard InChI is InChI=1S/C16H16N2O2/c1-11-15(7-4-8-16(11)18(19)20)17-14-9-12-5-2-3-6-13(12)10-14/h2-8,14,17H,9-10H2,1H3. The molecule has 0 unspecified atom stereocenters. The van der Waals surface area contributed by atoms with E-state index in [4.69, 9.17) is 0 Å². The molecule has 0 radical (unpaired) electrons. The average molecular weight is 268 g/mol. The number of nitrogens with one attached hydrogen (secondary N) is 1. The van der Waals surface area contributed by atoms with Crippen LogP contribution >= 0.6 is 0 Å². The summed E-state index contributed by atoms with van der Waals surface area (Å²) in [5.41, 5.74) is 4.47. The number of fused-ring (bicyclic) bond motifs is 1. The first-order valence-corrected chi connectivity index (χ1v) is 6.72. The largest absolute Gasteiger partial charge is 0.381 e. The molecular formula is C16H16N2O2. The molecule has 2 aromatic rings. The van der Waals surface area contributed by atoms with Gasteiger partial charge in [-0.3, -0.25) is 10.1 Å². The number of nitrogens with zero attached hydrogens (tertiary/aromatic N) is 1. The highest BCUT2D eigenvalue weighted by Gasteiger charge is 2.22. The van der Waals surface area contributed by atoms with E-state index in [0.29, 0.717) is 11.6 Å². The third kappa shape index (κ3) is 2.25. The Morgan fingerprint density at radius 3 is 2.35 bits per heavy atom. The lowest BCUT2D eigenvalue weighted by atomic mass is 10.1. The number of benzene rings is 2. The van der Waals surface area contributed by atoms with Crippen molar-refractivity contribution in [2.75, 3.05) is 5.32 Å². The molecule has 0 fully saturated rings. The van der Waals surface area contributed by atoms with E-state index < -0.39 is 0 Å². The second-order valence-corrected chi connectivity index (χ2v) is 5.23. The Bertz CT molecular complexity index is 642. The maximum Gasteiger partial charge on any atom is 0.274 e. The highest BCUT2D eigenvalue weighted by atomic mass is 16.6. The van der Waals surface area contributed by atoms with Gasteiger partial charge < -0.3 is 5.32 Å². The van der Waals surface area contributed by atoms with E-state index in [0.717, 1.165) is 18.5 Å². The highest BCUT2D eigenvalue weighted by molar-refractivity contribution is 5.60. The molecule has 1 N–H and O–H groups in total. The quantitative estimate of drug-likeness (QED) is 0.685. The zero-order valence-electron chi connectivity index (χ0n) is 11.3. The molecule has 0 bridgehead atoms. The third-order valence-corrected chi connectivity index (χ3v) is 3.91. The summed E-state index contributed by atoms with van der Waals surface area (Å²) in [6, 6.07) is 13.9. The van der Waals surface area contributed by atoms with Crippen LogP contribution in [0.5, 0.6) is 0 Å². The second-order valence-electron chi connectivity index (χ2n) is 5.23. The molecule has 0 aliphatic heterocycles. The summed E-state index contributed by atoms with van der Waals surface area (Å²) in [7, 11) is 0. The zero-order valence-corrected chi connectivity index (χ0v) is 11.3. The summed E-state index contributed by atoms with van der Waals surface area (Å²) < 4.78 is 0. The molecule has 0 saturated heterocycles. The van der Waals surface area contributed by atoms with Crippen LogP contribution in [-0.4, -0.2) is 11.0 Å². The Kier molecular flexibility index (Phi) is 3.14. The SMILES string of the molecule is Cc1c(NC2Cc3ccccc3C2)cccc1[N+](=O)[O-]. The van der Waals surface area contributed by atoms with Crippen molar-refractivity contribution in [3.05, 3.63) is 69.3 Å². The van der Waals surface area contributed by atoms with Gasteiger partial charge in [-0.1, -0.05) is 30.3 Å². The number of hydrogen-bond donors (Lipinski definition) is 1. The lowest BCUT2D eigenvalue weighted by molar-refractivity contribution is -0.385. The van der Waals surface area contributed by atoms with Crippen molar-refractivity contribution in [1.82, 2.24) is 0 Å². The summed E-state index contributed by atoms with van der Waals surface area (Å²) in [6.45, 7) is 1.79. The van der Waals surface area contributed by atoms with Gasteiger partial charge in [-0.05, 0) is 37.0 Å². The topological polar surface area (TPSA) is 55.2 Å². The molecule has 0 saturated carbocycles. The first-order chi connectivity index (χ1) is 9.65. The van der Waals surface area contributed by atoms with Gasteiger partial charge in [0.25, 0.3) is 5.69 Å². The van der Waals surface area contributed by atoms with Gasteiger partial charge in [-0.25, -0.2) is 0 Å². The van der Waals surface area contributed by atoms with Gasteiger partial charge in [-0.2, -0.15) is 0 Å². The number of nitro benzene ring substituents is 1. The lowest BCUT2D eigenvalue weighted by Gasteiger charge is -2.15. The Hall–Kier alpha value is -2.36. The van der Waals surface area contributed by atoms with Gasteiger partial charge in [0.05, 0.1) is 4.92 Å². The van der Waals surface area contributed by atoms with Gasteiger partial charge in [0.2, 0.25) is 0 Å². The first kappa shape index (κ1) is 12.7. The van der Waals surface area contributed by atoms with E-state index in [9.17, 15) is 10.1 Å². The highest BCUT2D eigenvalue weighted by Crippen LogP contribution is 2.29. The molecule has 1 aliphatic carbocycles. The minimum atomic E-state index is -0.329. The van der Waals surface area contributed by atoms with Crippen LogP contribution in [0.3, 0.4) is 0 Å². The molecule has 0 heterocycles. The van der Waals surface area contributed by atoms with Crippen molar-refractivity contribution >= 4 is 11.4 Å². The van der Waals surface area contributed by atoms with E-state index in [1.165, 1.54) is 11.1 Å². The minimum absolute atomic E-state index is 0.172. The van der Waals surface area contributed by atoms with E-state index >= 15 is 0 Å². The summed E-state index contributed by atoms with van der Waals surface area (Å²) in [5.74, 6) is 0. The van der Waals surface area contributed by atoms with Gasteiger partial charge in [0, 0.05) is 23.4 Å². The smallest absolute Gasteiger partial charge is 0.274 e. The van der Waals surface area contributed by atoms with E-state index in [1.807, 2.05) is 6.07 Å². The van der Waals surface area contributed by atoms with Crippen LogP contribution in [0.4, 0.5) is 11.4 Å². The van der Waals surface area contributed by atoms with Gasteiger partial charge in [0.15, 0.2) is 0 Å². The van der Waals surface area contributed by atoms with Crippen molar-refractivity contribution in [1.29, 1.82) is 0 Å². The predicted molar refractivity (Wildman–Crippen MR) is 79.1 cm³/mol. The predicted octanol–water partition coefficient (Wildman–Crippen LogP) is 3.48. The normalized spacial score (nSPS) is 14.1. The maximum atomic E-state index is 11.0. The fourth-order valence-corrected chi connectivity index (χ4v) is 2.86. The number of hydrogen-bond acceptors (Lipinski definition) is 3. The van der Waals surface area contributed by atoms with Crippen LogP contribution in [0, 0.1) is 17.0 Å². The van der Waals surface area contributed by atoms with Crippen molar-refractivity contribution in [2.45, 2.75) is 25.8 Å². The van der Waals surface area contributed by atoms with Crippen molar-refractivity contribution in [2.24, 2.45) is 0 Å². The Morgan fingerprint density at radius 1 is 1.10 bits per heavy atom. The molecule has 4 nitrogen and oxygen atoms in total. The Balaban J connectivity index is 1.81. The number of anilines is 1. The summed E-state index contributed by atoms with van der Waals surface area (Å²) in [6.07, 6.45) is 1.94. The van der Waals surface area contributed by atoms with Crippen molar-refractivity contribution < 1.29 is 4.92 Å². The van der Waals surface area contributed by atoms with E-state index in [-0.39, 0.29) is 10.6 Å².